The Bertz CT molecular complexity index is 1710. The van der Waals surface area contributed by atoms with Crippen LogP contribution in [0.1, 0.15) is 70.8 Å². The van der Waals surface area contributed by atoms with Gasteiger partial charge in [0.15, 0.2) is 0 Å². The summed E-state index contributed by atoms with van der Waals surface area (Å²) < 4.78 is 34.4. The third kappa shape index (κ3) is 6.36. The highest BCUT2D eigenvalue weighted by Gasteiger charge is 2.38. The molecule has 3 aromatic carbocycles. The summed E-state index contributed by atoms with van der Waals surface area (Å²) in [5.41, 5.74) is 7.18. The van der Waals surface area contributed by atoms with Gasteiger partial charge in [-0.25, -0.2) is 13.2 Å². The number of rotatable bonds is 11. The van der Waals surface area contributed by atoms with Gasteiger partial charge in [0.1, 0.15) is 11.5 Å². The van der Waals surface area contributed by atoms with E-state index in [4.69, 9.17) is 10.2 Å². The van der Waals surface area contributed by atoms with Gasteiger partial charge in [0.25, 0.3) is 10.0 Å². The molecule has 0 saturated heterocycles. The highest BCUT2D eigenvalue weighted by atomic mass is 32.2. The number of carbonyl (C=O) groups is 1. The lowest BCUT2D eigenvalue weighted by Gasteiger charge is -2.20. The first kappa shape index (κ1) is 28.2. The monoisotopic (exact) mass is 572 g/mol. The molecule has 1 aliphatic carbocycles. The number of nitrogens with one attached hydrogen (secondary N) is 1. The summed E-state index contributed by atoms with van der Waals surface area (Å²) in [6.45, 7) is 2.02. The molecule has 8 nitrogen and oxygen atoms in total. The standard InChI is InChI=1S/C32H32N2O6S/c1-2-21(17-20-7-4-3-5-8-20)28-19-27(35)30(32(37)40-28)29(22-11-12-22)24-9-6-10-25(18-24)34-41(38,39)26-15-13-23(14-16-26)31(33)36/h3-10,13-16,18-19,21-22,29,34-35H,2,11-12,17H2,1H3,(H2,33,36). The van der Waals surface area contributed by atoms with Gasteiger partial charge >= 0.3 is 5.63 Å². The fourth-order valence-corrected chi connectivity index (χ4v) is 6.30. The molecule has 4 aromatic rings. The van der Waals surface area contributed by atoms with Gasteiger partial charge in [-0.1, -0.05) is 49.4 Å². The molecule has 0 bridgehead atoms. The second-order valence-corrected chi connectivity index (χ2v) is 12.1. The zero-order chi connectivity index (χ0) is 29.1. The lowest BCUT2D eigenvalue weighted by atomic mass is 9.86. The zero-order valence-corrected chi connectivity index (χ0v) is 23.4. The Labute approximate surface area is 238 Å². The summed E-state index contributed by atoms with van der Waals surface area (Å²) in [6, 6.07) is 23.6. The van der Waals surface area contributed by atoms with E-state index in [1.165, 1.54) is 24.3 Å². The molecule has 5 rings (SSSR count). The Morgan fingerprint density at radius 1 is 1.02 bits per heavy atom. The van der Waals surface area contributed by atoms with Crippen molar-refractivity contribution in [2.45, 2.75) is 49.3 Å². The fourth-order valence-electron chi connectivity index (χ4n) is 5.25. The molecule has 212 valence electrons. The molecule has 1 saturated carbocycles. The fraction of sp³-hybridized carbons (Fsp3) is 0.250. The summed E-state index contributed by atoms with van der Waals surface area (Å²) >= 11 is 0. The smallest absolute Gasteiger partial charge is 0.343 e. The van der Waals surface area contributed by atoms with Crippen molar-refractivity contribution in [1.82, 2.24) is 0 Å². The van der Waals surface area contributed by atoms with Crippen molar-refractivity contribution in [1.29, 1.82) is 0 Å². The molecule has 2 unspecified atom stereocenters. The number of carbonyl (C=O) groups excluding carboxylic acids is 1. The summed E-state index contributed by atoms with van der Waals surface area (Å²) in [4.78, 5) is 24.7. The number of primary amides is 1. The Morgan fingerprint density at radius 2 is 1.73 bits per heavy atom. The van der Waals surface area contributed by atoms with E-state index >= 15 is 0 Å². The predicted octanol–water partition coefficient (Wildman–Crippen LogP) is 5.52. The third-order valence-corrected chi connectivity index (χ3v) is 8.95. The molecule has 9 heteroatoms. The lowest BCUT2D eigenvalue weighted by molar-refractivity contribution is 0.1000. The maximum Gasteiger partial charge on any atom is 0.343 e. The molecule has 0 radical (unpaired) electrons. The number of anilines is 1. The van der Waals surface area contributed by atoms with Crippen LogP contribution in [0.15, 0.2) is 99.0 Å². The van der Waals surface area contributed by atoms with Crippen LogP contribution in [-0.4, -0.2) is 19.4 Å². The van der Waals surface area contributed by atoms with Gasteiger partial charge in [-0.3, -0.25) is 9.52 Å². The van der Waals surface area contributed by atoms with Gasteiger partial charge in [-0.15, -0.1) is 0 Å². The topological polar surface area (TPSA) is 140 Å². The predicted molar refractivity (Wildman–Crippen MR) is 157 cm³/mol. The zero-order valence-electron chi connectivity index (χ0n) is 22.6. The van der Waals surface area contributed by atoms with E-state index in [2.05, 4.69) is 4.72 Å². The molecule has 0 spiro atoms. The normalized spacial score (nSPS) is 14.8. The summed E-state index contributed by atoms with van der Waals surface area (Å²) in [6.07, 6.45) is 3.16. The number of benzene rings is 3. The first-order valence-electron chi connectivity index (χ1n) is 13.6. The number of nitrogens with two attached hydrogens (primary N) is 1. The van der Waals surface area contributed by atoms with E-state index in [0.717, 1.165) is 24.8 Å². The van der Waals surface area contributed by atoms with Crippen LogP contribution in [-0.2, 0) is 16.4 Å². The number of hydrogen-bond acceptors (Lipinski definition) is 6. The minimum absolute atomic E-state index is 0.0264. The Morgan fingerprint density at radius 3 is 2.34 bits per heavy atom. The van der Waals surface area contributed by atoms with Crippen LogP contribution < -0.4 is 16.1 Å². The molecule has 4 N–H and O–H groups in total. The van der Waals surface area contributed by atoms with Crippen LogP contribution in [0.25, 0.3) is 0 Å². The van der Waals surface area contributed by atoms with Gasteiger partial charge in [0.2, 0.25) is 5.91 Å². The largest absolute Gasteiger partial charge is 0.507 e. The van der Waals surface area contributed by atoms with Crippen molar-refractivity contribution in [3.8, 4) is 5.75 Å². The molecule has 2 atom stereocenters. The van der Waals surface area contributed by atoms with Crippen LogP contribution >= 0.6 is 0 Å². The quantitative estimate of drug-likeness (QED) is 0.216. The van der Waals surface area contributed by atoms with Gasteiger partial charge in [-0.05, 0) is 79.1 Å². The Kier molecular flexibility index (Phi) is 7.99. The average molecular weight is 573 g/mol. The number of aromatic hydroxyl groups is 1. The van der Waals surface area contributed by atoms with Gasteiger partial charge in [-0.2, -0.15) is 0 Å². The molecule has 1 fully saturated rings. The molecule has 1 aromatic heterocycles. The Hall–Kier alpha value is -4.37. The van der Waals surface area contributed by atoms with Gasteiger partial charge in [0, 0.05) is 29.2 Å². The van der Waals surface area contributed by atoms with E-state index in [-0.39, 0.29) is 33.6 Å². The number of hydrogen-bond donors (Lipinski definition) is 3. The van der Waals surface area contributed by atoms with E-state index in [9.17, 15) is 23.1 Å². The molecule has 41 heavy (non-hydrogen) atoms. The first-order chi connectivity index (χ1) is 19.7. The highest BCUT2D eigenvalue weighted by Crippen LogP contribution is 2.48. The summed E-state index contributed by atoms with van der Waals surface area (Å²) in [5.74, 6) is -0.716. The van der Waals surface area contributed by atoms with Crippen molar-refractivity contribution in [3.63, 3.8) is 0 Å². The van der Waals surface area contributed by atoms with Gasteiger partial charge in [0.05, 0.1) is 10.5 Å². The number of amides is 1. The van der Waals surface area contributed by atoms with E-state index in [1.807, 2.05) is 43.3 Å². The summed E-state index contributed by atoms with van der Waals surface area (Å²) in [5, 5.41) is 11.2. The molecular weight excluding hydrogens is 540 g/mol. The van der Waals surface area contributed by atoms with Crippen LogP contribution in [0.3, 0.4) is 0 Å². The third-order valence-electron chi connectivity index (χ3n) is 7.56. The number of sulfonamides is 1. The second-order valence-electron chi connectivity index (χ2n) is 10.5. The van der Waals surface area contributed by atoms with Crippen LogP contribution in [0.4, 0.5) is 5.69 Å². The molecule has 0 aliphatic heterocycles. The van der Waals surface area contributed by atoms with Gasteiger partial charge < -0.3 is 15.3 Å². The van der Waals surface area contributed by atoms with Crippen molar-refractivity contribution in [2.24, 2.45) is 11.7 Å². The highest BCUT2D eigenvalue weighted by molar-refractivity contribution is 7.92. The minimum atomic E-state index is -3.96. The SMILES string of the molecule is CCC(Cc1ccccc1)c1cc(O)c(C(c2cccc(NS(=O)(=O)c3ccc(C(N)=O)cc3)c2)C2CC2)c(=O)o1. The van der Waals surface area contributed by atoms with E-state index in [0.29, 0.717) is 23.4 Å². The molecule has 1 aliphatic rings. The summed E-state index contributed by atoms with van der Waals surface area (Å²) in [7, 11) is -3.96. The van der Waals surface area contributed by atoms with Crippen LogP contribution in [0.5, 0.6) is 5.75 Å². The van der Waals surface area contributed by atoms with Crippen molar-refractivity contribution < 1.29 is 22.7 Å². The van der Waals surface area contributed by atoms with Crippen LogP contribution in [0.2, 0.25) is 0 Å². The Balaban J connectivity index is 1.43. The lowest BCUT2D eigenvalue weighted by Crippen LogP contribution is -2.18. The second kappa shape index (κ2) is 11.6. The minimum Gasteiger partial charge on any atom is -0.507 e. The molecule has 1 heterocycles. The maximum atomic E-state index is 13.4. The average Bonchev–Trinajstić information content (AvgIpc) is 3.79. The van der Waals surface area contributed by atoms with Crippen molar-refractivity contribution in [3.05, 3.63) is 123 Å². The first-order valence-corrected chi connectivity index (χ1v) is 15.1. The van der Waals surface area contributed by atoms with E-state index in [1.54, 1.807) is 24.3 Å². The maximum absolute atomic E-state index is 13.4. The van der Waals surface area contributed by atoms with Crippen LogP contribution in [0, 0.1) is 5.92 Å². The van der Waals surface area contributed by atoms with Crippen molar-refractivity contribution >= 4 is 21.6 Å². The van der Waals surface area contributed by atoms with E-state index < -0.39 is 27.5 Å². The van der Waals surface area contributed by atoms with Crippen molar-refractivity contribution in [2.75, 3.05) is 4.72 Å². The molecular formula is C32H32N2O6S. The molecule has 1 amide bonds.